The molecule has 3 aliphatic heterocycles. The van der Waals surface area contributed by atoms with Crippen LogP contribution >= 0.6 is 0 Å². The van der Waals surface area contributed by atoms with Crippen LogP contribution < -0.4 is 21.1 Å². The summed E-state index contributed by atoms with van der Waals surface area (Å²) < 4.78 is 45.6. The minimum Gasteiger partial charge on any atom is -0.489 e. The Balaban J connectivity index is 1.14. The van der Waals surface area contributed by atoms with Gasteiger partial charge in [0, 0.05) is 62.4 Å². The van der Waals surface area contributed by atoms with E-state index in [1.165, 1.54) is 12.4 Å². The minimum atomic E-state index is -3.52. The third kappa shape index (κ3) is 7.09. The highest BCUT2D eigenvalue weighted by Gasteiger charge is 2.38. The third-order valence-electron chi connectivity index (χ3n) is 9.55. The number of dihydropyridines is 1. The highest BCUT2D eigenvalue weighted by molar-refractivity contribution is 7.90. The molecule has 0 spiro atoms. The highest BCUT2D eigenvalue weighted by atomic mass is 32.2. The van der Waals surface area contributed by atoms with Crippen LogP contribution in [0.25, 0.3) is 17.0 Å². The highest BCUT2D eigenvalue weighted by Crippen LogP contribution is 2.33. The Morgan fingerprint density at radius 1 is 1.06 bits per heavy atom. The van der Waals surface area contributed by atoms with Gasteiger partial charge in [0.1, 0.15) is 18.5 Å². The van der Waals surface area contributed by atoms with Crippen LogP contribution in [0.15, 0.2) is 61.0 Å². The van der Waals surface area contributed by atoms with Crippen LogP contribution in [-0.2, 0) is 15.7 Å². The van der Waals surface area contributed by atoms with Crippen molar-refractivity contribution in [3.05, 3.63) is 72.3 Å². The van der Waals surface area contributed by atoms with Gasteiger partial charge in [-0.05, 0) is 69.8 Å². The average molecular weight is 679 g/mol. The van der Waals surface area contributed by atoms with Crippen LogP contribution in [0.3, 0.4) is 0 Å². The lowest BCUT2D eigenvalue weighted by molar-refractivity contribution is 0.114. The molecule has 48 heavy (non-hydrogen) atoms. The molecular formula is C33H43FN10O3S. The number of hydrogen-bond acceptors (Lipinski definition) is 12. The second-order valence-electron chi connectivity index (χ2n) is 13.2. The van der Waals surface area contributed by atoms with E-state index in [-0.39, 0.29) is 24.1 Å². The van der Waals surface area contributed by atoms with Crippen LogP contribution in [0.4, 0.5) is 4.39 Å². The van der Waals surface area contributed by atoms with Crippen molar-refractivity contribution in [2.75, 3.05) is 46.4 Å². The number of alkyl halides is 1. The first kappa shape index (κ1) is 32.6. The second-order valence-corrected chi connectivity index (χ2v) is 15.3. The van der Waals surface area contributed by atoms with Crippen molar-refractivity contribution in [2.24, 2.45) is 5.73 Å². The first-order valence-corrected chi connectivity index (χ1v) is 18.2. The molecule has 2 saturated heterocycles. The number of halogens is 1. The lowest BCUT2D eigenvalue weighted by Crippen LogP contribution is -2.51. The van der Waals surface area contributed by atoms with Crippen molar-refractivity contribution in [1.29, 1.82) is 0 Å². The number of piperidine rings is 2. The second kappa shape index (κ2) is 13.5. The molecule has 3 aromatic rings. The third-order valence-corrected chi connectivity index (χ3v) is 11.6. The number of rotatable bonds is 11. The van der Waals surface area contributed by atoms with Gasteiger partial charge < -0.3 is 30.9 Å². The topological polar surface area (TPSA) is 156 Å². The maximum Gasteiger partial charge on any atom is 0.256 e. The summed E-state index contributed by atoms with van der Waals surface area (Å²) in [6.07, 6.45) is 15.2. The fourth-order valence-corrected chi connectivity index (χ4v) is 7.92. The molecule has 1 unspecified atom stereocenters. The molecule has 4 N–H and O–H groups in total. The summed E-state index contributed by atoms with van der Waals surface area (Å²) in [4.78, 5) is 18.4. The van der Waals surface area contributed by atoms with E-state index in [1.807, 2.05) is 24.4 Å². The van der Waals surface area contributed by atoms with Gasteiger partial charge in [-0.25, -0.2) is 22.8 Å². The van der Waals surface area contributed by atoms with Gasteiger partial charge in [0.25, 0.3) is 10.0 Å². The largest absolute Gasteiger partial charge is 0.489 e. The molecule has 4 aliphatic rings. The maximum atomic E-state index is 13.0. The van der Waals surface area contributed by atoms with Crippen molar-refractivity contribution in [3.63, 3.8) is 0 Å². The number of allylic oxidation sites excluding steroid dienone is 1. The van der Waals surface area contributed by atoms with Gasteiger partial charge in [-0.15, -0.1) is 0 Å². The zero-order chi connectivity index (χ0) is 33.3. The Morgan fingerprint density at radius 3 is 2.56 bits per heavy atom. The molecule has 3 fully saturated rings. The summed E-state index contributed by atoms with van der Waals surface area (Å²) in [5.41, 5.74) is 9.17. The van der Waals surface area contributed by atoms with Gasteiger partial charge in [-0.3, -0.25) is 4.98 Å². The summed E-state index contributed by atoms with van der Waals surface area (Å²) in [5, 5.41) is 10.8. The zero-order valence-corrected chi connectivity index (χ0v) is 27.9. The molecule has 13 nitrogen and oxygen atoms in total. The van der Waals surface area contributed by atoms with Crippen molar-refractivity contribution in [2.45, 2.75) is 61.6 Å². The Morgan fingerprint density at radius 2 is 1.85 bits per heavy atom. The number of pyridine rings is 1. The summed E-state index contributed by atoms with van der Waals surface area (Å²) in [7, 11) is -1.39. The van der Waals surface area contributed by atoms with Crippen LogP contribution in [0.1, 0.15) is 49.9 Å². The van der Waals surface area contributed by atoms with E-state index in [0.717, 1.165) is 78.7 Å². The van der Waals surface area contributed by atoms with Crippen LogP contribution in [0, 0.1) is 0 Å². The summed E-state index contributed by atoms with van der Waals surface area (Å²) >= 11 is 0. The quantitative estimate of drug-likeness (QED) is 0.272. The number of likely N-dealkylation sites (tertiary alicyclic amines) is 2. The molecule has 15 heteroatoms. The number of aromatic nitrogens is 5. The molecule has 3 aromatic heterocycles. The van der Waals surface area contributed by atoms with Crippen LogP contribution in [0.5, 0.6) is 5.75 Å². The molecule has 6 heterocycles. The van der Waals surface area contributed by atoms with Crippen molar-refractivity contribution in [1.82, 2.24) is 44.6 Å². The average Bonchev–Trinajstić information content (AvgIpc) is 3.84. The van der Waals surface area contributed by atoms with Crippen LogP contribution in [-0.4, -0.2) is 106 Å². The first-order valence-electron chi connectivity index (χ1n) is 16.7. The van der Waals surface area contributed by atoms with E-state index in [4.69, 9.17) is 20.4 Å². The van der Waals surface area contributed by atoms with Gasteiger partial charge in [-0.1, -0.05) is 0 Å². The predicted octanol–water partition coefficient (Wildman–Crippen LogP) is 2.21. The molecule has 1 aliphatic carbocycles. The fraction of sp³-hybridized carbons (Fsp3) is 0.515. The summed E-state index contributed by atoms with van der Waals surface area (Å²) in [6, 6.07) is 5.80. The molecule has 0 aromatic carbocycles. The molecule has 0 radical (unpaired) electrons. The SMILES string of the molecule is CN1CCC(Oc2ccc(C3=CNC(N)(c4ccnc(-c5cnn(S(=O)(=O)C6CC6)c5)n4)C=C3NC3CCN(CCF)CC3)nc2)CC1. The van der Waals surface area contributed by atoms with Gasteiger partial charge in [0.05, 0.1) is 40.8 Å². The standard InChI is InChI=1S/C33H43FN10O3S/c1-42-13-9-25(10-14-42)47-26-2-5-29(37-20-26)28-21-38-33(35,18-30(28)40-24-7-15-43(16-8-24)17-11-34)31-6-12-36-32(41-31)23-19-39-44(22-23)48(45,46)27-3-4-27/h2,5-6,12,18-22,24-25,27,38,40H,3-4,7-11,13-17,35H2,1H3. The van der Waals surface area contributed by atoms with E-state index in [2.05, 4.69) is 37.6 Å². The lowest BCUT2D eigenvalue weighted by atomic mass is 9.95. The molecule has 0 bridgehead atoms. The monoisotopic (exact) mass is 678 g/mol. The number of nitrogens with one attached hydrogen (secondary N) is 2. The van der Waals surface area contributed by atoms with E-state index in [9.17, 15) is 12.8 Å². The summed E-state index contributed by atoms with van der Waals surface area (Å²) in [6.45, 7) is 3.75. The van der Waals surface area contributed by atoms with E-state index in [1.54, 1.807) is 18.5 Å². The number of nitrogens with two attached hydrogens (primary N) is 1. The van der Waals surface area contributed by atoms with Gasteiger partial charge in [-0.2, -0.15) is 9.19 Å². The smallest absolute Gasteiger partial charge is 0.256 e. The van der Waals surface area contributed by atoms with Crippen LogP contribution in [0.2, 0.25) is 0 Å². The molecule has 1 saturated carbocycles. The Hall–Kier alpha value is -3.92. The van der Waals surface area contributed by atoms with Gasteiger partial charge >= 0.3 is 0 Å². The maximum absolute atomic E-state index is 13.0. The van der Waals surface area contributed by atoms with Crippen molar-refractivity contribution in [3.8, 4) is 17.1 Å². The molecule has 256 valence electrons. The molecular weight excluding hydrogens is 635 g/mol. The molecule has 1 atom stereocenters. The summed E-state index contributed by atoms with van der Waals surface area (Å²) in [5.74, 6) is 1.06. The predicted molar refractivity (Wildman–Crippen MR) is 180 cm³/mol. The Kier molecular flexibility index (Phi) is 9.20. The zero-order valence-electron chi connectivity index (χ0n) is 27.1. The number of ether oxygens (including phenoxy) is 1. The number of nitrogens with zero attached hydrogens (tertiary/aromatic N) is 7. The fourth-order valence-electron chi connectivity index (χ4n) is 6.45. The Bertz CT molecular complexity index is 1760. The van der Waals surface area contributed by atoms with E-state index in [0.29, 0.717) is 36.5 Å². The molecule has 7 rings (SSSR count). The first-order chi connectivity index (χ1) is 23.2. The van der Waals surface area contributed by atoms with Crippen molar-refractivity contribution >= 4 is 15.6 Å². The minimum absolute atomic E-state index is 0.158. The number of hydrogen-bond donors (Lipinski definition) is 3. The normalized spacial score (nSPS) is 23.3. The molecule has 0 amide bonds. The lowest BCUT2D eigenvalue weighted by Gasteiger charge is -2.36. The van der Waals surface area contributed by atoms with E-state index < -0.39 is 15.7 Å². The van der Waals surface area contributed by atoms with Crippen molar-refractivity contribution < 1.29 is 17.5 Å². The van der Waals surface area contributed by atoms with Gasteiger partial charge in [0.2, 0.25) is 0 Å². The Labute approximate surface area is 280 Å². The van der Waals surface area contributed by atoms with Gasteiger partial charge in [0.15, 0.2) is 11.5 Å². The van der Waals surface area contributed by atoms with E-state index >= 15 is 0 Å².